The molecule has 140 valence electrons. The zero-order valence-electron chi connectivity index (χ0n) is 12.2. The molecule has 1 N–H and O–H groups in total. The van der Waals surface area contributed by atoms with Crippen molar-refractivity contribution in [3.63, 3.8) is 0 Å². The van der Waals surface area contributed by atoms with Crippen LogP contribution in [0.3, 0.4) is 0 Å². The van der Waals surface area contributed by atoms with Crippen molar-refractivity contribution < 1.29 is 35.5 Å². The lowest BCUT2D eigenvalue weighted by molar-refractivity contribution is -0.138. The molecule has 3 atom stereocenters. The van der Waals surface area contributed by atoms with Crippen molar-refractivity contribution in [1.82, 2.24) is 4.57 Å². The Morgan fingerprint density at radius 1 is 1.40 bits per heavy atom. The molecule has 0 radical (unpaired) electrons. The smallest absolute Gasteiger partial charge is 0.324 e. The van der Waals surface area contributed by atoms with Crippen molar-refractivity contribution in [3.8, 4) is 0 Å². The molecule has 1 aromatic heterocycles. The Morgan fingerprint density at radius 2 is 2.04 bits per heavy atom. The number of hydrogen-bond acceptors (Lipinski definition) is 3. The number of carbonyl (C=O) groups excluding carboxylic acids is 1. The molecule has 1 fully saturated rings. The van der Waals surface area contributed by atoms with E-state index in [9.17, 15) is 40.3 Å². The van der Waals surface area contributed by atoms with Crippen molar-refractivity contribution in [1.29, 1.82) is 0 Å². The molecule has 2 rings (SSSR count). The quantitative estimate of drug-likeness (QED) is 0.802. The number of aromatic nitrogens is 1. The summed E-state index contributed by atoms with van der Waals surface area (Å²) in [4.78, 5) is 23.3. The van der Waals surface area contributed by atoms with Crippen LogP contribution in [0.25, 0.3) is 0 Å². The summed E-state index contributed by atoms with van der Waals surface area (Å²) in [5.74, 6) is -2.46. The molecule has 1 aliphatic heterocycles. The summed E-state index contributed by atoms with van der Waals surface area (Å²) in [6, 6.07) is 0.552. The first kappa shape index (κ1) is 19.6. The fraction of sp³-hybridized carbons (Fsp3) is 0.538. The molecule has 1 amide bonds. The highest BCUT2D eigenvalue weighted by atomic mass is 32.2. The maximum absolute atomic E-state index is 13.5. The van der Waals surface area contributed by atoms with Gasteiger partial charge in [0, 0.05) is 18.7 Å². The standard InChI is InChI=1S/C13H11F7N2O2S/c14-6-2-8(25-10(6)13(18,19)20)11(23)21-5-1-7(15)12(24)22(3-5)4-9(16)17/h1,3,6,8-10H,2,4H2,(H,21,23). The maximum atomic E-state index is 13.5. The lowest BCUT2D eigenvalue weighted by Gasteiger charge is -2.16. The van der Waals surface area contributed by atoms with E-state index >= 15 is 0 Å². The van der Waals surface area contributed by atoms with E-state index in [0.29, 0.717) is 10.6 Å². The predicted molar refractivity (Wildman–Crippen MR) is 76.0 cm³/mol. The molecule has 0 saturated carbocycles. The molecule has 0 spiro atoms. The van der Waals surface area contributed by atoms with Gasteiger partial charge in [0.25, 0.3) is 12.0 Å². The minimum atomic E-state index is -4.82. The number of alkyl halides is 6. The second kappa shape index (κ2) is 7.26. The molecular formula is C13H11F7N2O2S. The number of hydrogen-bond donors (Lipinski definition) is 1. The number of rotatable bonds is 4. The highest BCUT2D eigenvalue weighted by Crippen LogP contribution is 2.45. The van der Waals surface area contributed by atoms with Crippen LogP contribution in [0.4, 0.5) is 36.4 Å². The summed E-state index contributed by atoms with van der Waals surface area (Å²) < 4.78 is 89.7. The Kier molecular flexibility index (Phi) is 5.69. The van der Waals surface area contributed by atoms with Gasteiger partial charge in [-0.15, -0.1) is 11.8 Å². The Morgan fingerprint density at radius 3 is 2.56 bits per heavy atom. The van der Waals surface area contributed by atoms with Crippen LogP contribution >= 0.6 is 11.8 Å². The minimum absolute atomic E-state index is 0.0809. The summed E-state index contributed by atoms with van der Waals surface area (Å²) >= 11 is 0.0809. The molecule has 0 bridgehead atoms. The average molecular weight is 392 g/mol. The van der Waals surface area contributed by atoms with Crippen LogP contribution in [0.2, 0.25) is 0 Å². The van der Waals surface area contributed by atoms with Gasteiger partial charge in [-0.1, -0.05) is 0 Å². The van der Waals surface area contributed by atoms with E-state index in [1.165, 1.54) is 0 Å². The van der Waals surface area contributed by atoms with Gasteiger partial charge in [-0.3, -0.25) is 9.59 Å². The first-order chi connectivity index (χ1) is 11.5. The van der Waals surface area contributed by atoms with E-state index in [1.54, 1.807) is 0 Å². The van der Waals surface area contributed by atoms with Gasteiger partial charge in [0.2, 0.25) is 5.91 Å². The molecule has 3 unspecified atom stereocenters. The third kappa shape index (κ3) is 4.67. The fourth-order valence-corrected chi connectivity index (χ4v) is 3.54. The first-order valence-electron chi connectivity index (χ1n) is 6.84. The van der Waals surface area contributed by atoms with Crippen LogP contribution in [0.1, 0.15) is 6.42 Å². The second-order valence-electron chi connectivity index (χ2n) is 5.25. The number of nitrogens with one attached hydrogen (secondary N) is 1. The van der Waals surface area contributed by atoms with Crippen molar-refractivity contribution in [2.45, 2.75) is 42.2 Å². The molecule has 1 aromatic rings. The van der Waals surface area contributed by atoms with E-state index in [2.05, 4.69) is 0 Å². The van der Waals surface area contributed by atoms with Gasteiger partial charge in [-0.2, -0.15) is 13.2 Å². The number of pyridine rings is 1. The largest absolute Gasteiger partial charge is 0.403 e. The van der Waals surface area contributed by atoms with Crippen LogP contribution in [-0.2, 0) is 11.3 Å². The predicted octanol–water partition coefficient (Wildman–Crippen LogP) is 2.97. The van der Waals surface area contributed by atoms with Gasteiger partial charge in [-0.05, 0) is 0 Å². The Bertz CT molecular complexity index is 707. The molecule has 2 heterocycles. The lowest BCUT2D eigenvalue weighted by atomic mass is 10.1. The summed E-state index contributed by atoms with van der Waals surface area (Å²) in [6.07, 6.45) is -10.0. The van der Waals surface area contributed by atoms with Gasteiger partial charge in [-0.25, -0.2) is 17.6 Å². The number of thioether (sulfide) groups is 1. The molecule has 25 heavy (non-hydrogen) atoms. The number of halogens is 7. The number of anilines is 1. The van der Waals surface area contributed by atoms with Crippen LogP contribution in [0.15, 0.2) is 17.1 Å². The molecule has 0 aromatic carbocycles. The van der Waals surface area contributed by atoms with Crippen LogP contribution in [0.5, 0.6) is 0 Å². The first-order valence-corrected chi connectivity index (χ1v) is 7.78. The van der Waals surface area contributed by atoms with E-state index in [0.717, 1.165) is 6.20 Å². The fourth-order valence-electron chi connectivity index (χ4n) is 2.27. The van der Waals surface area contributed by atoms with E-state index in [1.807, 2.05) is 5.32 Å². The molecule has 1 saturated heterocycles. The van der Waals surface area contributed by atoms with Gasteiger partial charge >= 0.3 is 6.18 Å². The van der Waals surface area contributed by atoms with Crippen molar-refractivity contribution in [3.05, 3.63) is 28.4 Å². The van der Waals surface area contributed by atoms with Crippen LogP contribution < -0.4 is 10.9 Å². The highest BCUT2D eigenvalue weighted by Gasteiger charge is 2.53. The normalized spacial score (nSPS) is 23.9. The monoisotopic (exact) mass is 392 g/mol. The van der Waals surface area contributed by atoms with Gasteiger partial charge in [0.1, 0.15) is 11.4 Å². The third-order valence-electron chi connectivity index (χ3n) is 3.34. The Labute approximate surface area is 140 Å². The number of nitrogens with zero attached hydrogens (tertiary/aromatic N) is 1. The molecular weight excluding hydrogens is 381 g/mol. The molecule has 4 nitrogen and oxygen atoms in total. The lowest BCUT2D eigenvalue weighted by Crippen LogP contribution is -2.30. The topological polar surface area (TPSA) is 51.1 Å². The third-order valence-corrected chi connectivity index (χ3v) is 4.93. The summed E-state index contributed by atoms with van der Waals surface area (Å²) in [5, 5.41) is -1.72. The minimum Gasteiger partial charge on any atom is -0.324 e. The SMILES string of the molecule is O=C(Nc1cc(F)c(=O)n(CC(F)F)c1)C1CC(F)C(C(F)(F)F)S1. The van der Waals surface area contributed by atoms with Crippen LogP contribution in [-0.4, -0.2) is 39.7 Å². The number of carbonyl (C=O) groups is 1. The molecule has 1 aliphatic rings. The van der Waals surface area contributed by atoms with Crippen molar-refractivity contribution >= 4 is 23.4 Å². The summed E-state index contributed by atoms with van der Waals surface area (Å²) in [6.45, 7) is -1.12. The second-order valence-corrected chi connectivity index (χ2v) is 6.60. The van der Waals surface area contributed by atoms with Crippen LogP contribution in [0, 0.1) is 5.82 Å². The Balaban J connectivity index is 2.13. The zero-order chi connectivity index (χ0) is 18.9. The van der Waals surface area contributed by atoms with Crippen molar-refractivity contribution in [2.75, 3.05) is 5.32 Å². The summed E-state index contributed by atoms with van der Waals surface area (Å²) in [5.41, 5.74) is -1.73. The highest BCUT2D eigenvalue weighted by molar-refractivity contribution is 8.01. The number of amides is 1. The summed E-state index contributed by atoms with van der Waals surface area (Å²) in [7, 11) is 0. The van der Waals surface area contributed by atoms with Crippen molar-refractivity contribution in [2.24, 2.45) is 0 Å². The van der Waals surface area contributed by atoms with E-state index in [-0.39, 0.29) is 11.8 Å². The maximum Gasteiger partial charge on any atom is 0.403 e. The molecule has 0 aliphatic carbocycles. The van der Waals surface area contributed by atoms with Gasteiger partial charge in [0.15, 0.2) is 5.82 Å². The van der Waals surface area contributed by atoms with E-state index in [4.69, 9.17) is 0 Å². The average Bonchev–Trinajstić information content (AvgIpc) is 2.86. The van der Waals surface area contributed by atoms with E-state index < -0.39 is 65.2 Å². The zero-order valence-corrected chi connectivity index (χ0v) is 13.0. The van der Waals surface area contributed by atoms with Gasteiger partial charge in [0.05, 0.1) is 17.5 Å². The molecule has 12 heteroatoms. The van der Waals surface area contributed by atoms with Gasteiger partial charge < -0.3 is 9.88 Å². The Hall–Kier alpha value is -1.72.